The number of carbonyl (C=O) groups excluding carboxylic acids is 5. The number of ketones is 2. The summed E-state index contributed by atoms with van der Waals surface area (Å²) in [6.45, 7) is 11.8. The average molecular weight is 860 g/mol. The average Bonchev–Trinajstić information content (AvgIpc) is 3.80. The monoisotopic (exact) mass is 859 g/mol. The molecule has 5 rings (SSSR count). The van der Waals surface area contributed by atoms with Gasteiger partial charge >= 0.3 is 18.2 Å². The summed E-state index contributed by atoms with van der Waals surface area (Å²) in [6.07, 6.45) is -4.43. The molecule has 17 heteroatoms. The van der Waals surface area contributed by atoms with E-state index in [9.17, 15) is 29.1 Å². The van der Waals surface area contributed by atoms with Gasteiger partial charge in [-0.15, -0.1) is 11.3 Å². The van der Waals surface area contributed by atoms with E-state index in [0.717, 1.165) is 10.6 Å². The zero-order chi connectivity index (χ0) is 44.3. The van der Waals surface area contributed by atoms with Crippen LogP contribution in [-0.4, -0.2) is 119 Å². The van der Waals surface area contributed by atoms with Crippen molar-refractivity contribution in [1.82, 2.24) is 15.2 Å². The number of halogens is 1. The molecule has 0 aromatic carbocycles. The van der Waals surface area contributed by atoms with Crippen LogP contribution in [0, 0.1) is 23.7 Å². The number of nitrogens with zero attached hydrogens (tertiary/aromatic N) is 2. The van der Waals surface area contributed by atoms with Gasteiger partial charge in [-0.25, -0.2) is 14.0 Å². The van der Waals surface area contributed by atoms with Crippen LogP contribution in [0.15, 0.2) is 42.4 Å². The fraction of sp³-hybridized carbons (Fsp3) is 0.628. The van der Waals surface area contributed by atoms with Crippen molar-refractivity contribution < 1.29 is 61.9 Å². The van der Waals surface area contributed by atoms with Crippen molar-refractivity contribution in [3.8, 4) is 10.6 Å². The third-order valence-corrected chi connectivity index (χ3v) is 13.0. The lowest BCUT2D eigenvalue weighted by atomic mass is 9.73. The van der Waals surface area contributed by atoms with E-state index in [1.807, 2.05) is 17.0 Å². The Kier molecular flexibility index (Phi) is 15.0. The summed E-state index contributed by atoms with van der Waals surface area (Å²) in [4.78, 5) is 76.5. The van der Waals surface area contributed by atoms with Gasteiger partial charge in [-0.1, -0.05) is 33.8 Å². The number of Topliss-reactive ketones (excluding diaryl/α,β-unsaturated/α-hetero) is 2. The molecule has 3 saturated heterocycles. The number of ether oxygens (including phenoxy) is 6. The molecule has 3 aliphatic rings. The quantitative estimate of drug-likeness (QED) is 0.167. The first kappa shape index (κ1) is 46.8. The molecule has 5 heterocycles. The third-order valence-electron chi connectivity index (χ3n) is 11.9. The summed E-state index contributed by atoms with van der Waals surface area (Å²) in [5, 5.41) is 14.3. The van der Waals surface area contributed by atoms with Gasteiger partial charge in [0.15, 0.2) is 17.7 Å². The molecule has 0 radical (unpaired) electrons. The Morgan fingerprint density at radius 3 is 2.43 bits per heavy atom. The maximum Gasteiger partial charge on any atom is 0.509 e. The number of fused-ring (bicyclic) bond motifs is 1. The summed E-state index contributed by atoms with van der Waals surface area (Å²) in [7, 11) is 3.58. The van der Waals surface area contributed by atoms with Gasteiger partial charge in [-0.05, 0) is 91.4 Å². The first-order valence-electron chi connectivity index (χ1n) is 20.3. The molecular weight excluding hydrogens is 802 g/mol. The Morgan fingerprint density at radius 1 is 1.07 bits per heavy atom. The summed E-state index contributed by atoms with van der Waals surface area (Å²) in [5.41, 5.74) is -2.70. The third kappa shape index (κ3) is 10.2. The molecule has 0 unspecified atom stereocenters. The second kappa shape index (κ2) is 19.2. The molecule has 15 nitrogen and oxygen atoms in total. The van der Waals surface area contributed by atoms with E-state index in [4.69, 9.17) is 28.4 Å². The van der Waals surface area contributed by atoms with Crippen molar-refractivity contribution in [2.75, 3.05) is 20.7 Å². The highest BCUT2D eigenvalue weighted by molar-refractivity contribution is 7.16. The number of aliphatic hydroxyl groups excluding tert-OH is 1. The minimum Gasteiger partial charge on any atom is -0.458 e. The molecule has 60 heavy (non-hydrogen) atoms. The number of amides is 1. The molecule has 3 fully saturated rings. The van der Waals surface area contributed by atoms with Gasteiger partial charge in [0.2, 0.25) is 0 Å². The summed E-state index contributed by atoms with van der Waals surface area (Å²) < 4.78 is 50.9. The zero-order valence-corrected chi connectivity index (χ0v) is 36.7. The van der Waals surface area contributed by atoms with Crippen molar-refractivity contribution in [3.05, 3.63) is 47.2 Å². The Morgan fingerprint density at radius 2 is 1.78 bits per heavy atom. The predicted molar refractivity (Wildman–Crippen MR) is 218 cm³/mol. The number of thiophene rings is 1. The molecule has 2 aromatic heterocycles. The highest BCUT2D eigenvalue weighted by atomic mass is 32.1. The Bertz CT molecular complexity index is 1910. The number of carbonyl (C=O) groups is 5. The van der Waals surface area contributed by atoms with Gasteiger partial charge in [0.25, 0.3) is 0 Å². The highest BCUT2D eigenvalue weighted by Crippen LogP contribution is 2.41. The number of alkyl carbamates (subject to hydrolysis) is 1. The van der Waals surface area contributed by atoms with E-state index < -0.39 is 114 Å². The largest absolute Gasteiger partial charge is 0.509 e. The number of cyclic esters (lactones) is 1. The van der Waals surface area contributed by atoms with Crippen LogP contribution in [0.3, 0.4) is 0 Å². The van der Waals surface area contributed by atoms with Crippen molar-refractivity contribution in [2.24, 2.45) is 23.7 Å². The molecule has 2 aromatic rings. The van der Waals surface area contributed by atoms with Crippen LogP contribution >= 0.6 is 11.3 Å². The van der Waals surface area contributed by atoms with Gasteiger partial charge in [-0.2, -0.15) is 0 Å². The summed E-state index contributed by atoms with van der Waals surface area (Å²) in [6, 6.07) is 7.57. The van der Waals surface area contributed by atoms with Crippen LogP contribution in [0.1, 0.15) is 79.5 Å². The van der Waals surface area contributed by atoms with Gasteiger partial charge in [0.1, 0.15) is 48.0 Å². The molecule has 13 atom stereocenters. The number of esters is 1. The normalized spacial score (nSPS) is 35.8. The fourth-order valence-corrected chi connectivity index (χ4v) is 9.64. The Labute approximate surface area is 354 Å². The number of pyridine rings is 1. The van der Waals surface area contributed by atoms with Crippen LogP contribution in [0.4, 0.5) is 14.0 Å². The van der Waals surface area contributed by atoms with Crippen LogP contribution < -0.4 is 5.32 Å². The lowest BCUT2D eigenvalue weighted by Gasteiger charge is -2.46. The number of likely N-dealkylation sites (N-methyl/N-ethyl adjacent to an activating group) is 1. The number of aliphatic hydroxyl groups is 1. The van der Waals surface area contributed by atoms with Crippen molar-refractivity contribution >= 4 is 47.2 Å². The number of nitrogens with one attached hydrogen (secondary N) is 1. The molecule has 330 valence electrons. The van der Waals surface area contributed by atoms with E-state index in [1.165, 1.54) is 38.2 Å². The fourth-order valence-electron chi connectivity index (χ4n) is 8.71. The second-order valence-electron chi connectivity index (χ2n) is 16.8. The van der Waals surface area contributed by atoms with E-state index in [1.54, 1.807) is 73.1 Å². The van der Waals surface area contributed by atoms with Crippen LogP contribution in [0.2, 0.25) is 0 Å². The van der Waals surface area contributed by atoms with Gasteiger partial charge in [-0.3, -0.25) is 19.4 Å². The summed E-state index contributed by atoms with van der Waals surface area (Å²) in [5.74, 6) is -7.29. The van der Waals surface area contributed by atoms with Crippen LogP contribution in [-0.2, 0) is 42.8 Å². The van der Waals surface area contributed by atoms with E-state index >= 15 is 4.39 Å². The first-order valence-corrected chi connectivity index (χ1v) is 21.2. The number of aromatic nitrogens is 1. The molecule has 0 bridgehead atoms. The van der Waals surface area contributed by atoms with Crippen molar-refractivity contribution in [3.63, 3.8) is 0 Å². The Hall–Kier alpha value is -4.29. The molecule has 0 aliphatic carbocycles. The second-order valence-corrected chi connectivity index (χ2v) is 17.9. The topological polar surface area (TPSA) is 189 Å². The number of rotatable bonds is 9. The van der Waals surface area contributed by atoms with E-state index in [-0.39, 0.29) is 18.6 Å². The number of hydrogen-bond donors (Lipinski definition) is 2. The molecule has 1 amide bonds. The SMILES string of the molecule is CC[C@H]1OC(=O)[C@H](C)C(=O)[C@H](C)[C@@H](O[C@@H]2O[C@H](C)C[C@H](N(C)C)[C@H]2O)[C@](C)(OC(=O)OC/C(F)=C/c2ccc(-c3ccccn3)s2)C[C@@H](C)C(=O)[C@H](C)[C@H]2NC(=O)O[C@@]21C. The smallest absolute Gasteiger partial charge is 0.458 e. The van der Waals surface area contributed by atoms with Crippen molar-refractivity contribution in [2.45, 2.75) is 129 Å². The molecule has 0 saturated carbocycles. The maximum atomic E-state index is 15.3. The minimum atomic E-state index is -1.93. The van der Waals surface area contributed by atoms with Gasteiger partial charge in [0, 0.05) is 34.9 Å². The lowest BCUT2D eigenvalue weighted by Crippen LogP contribution is -2.60. The predicted octanol–water partition coefficient (Wildman–Crippen LogP) is 6.12. The zero-order valence-electron chi connectivity index (χ0n) is 35.8. The first-order chi connectivity index (χ1) is 28.2. The molecule has 0 spiro atoms. The van der Waals surface area contributed by atoms with Crippen LogP contribution in [0.25, 0.3) is 16.6 Å². The Balaban J connectivity index is 1.51. The van der Waals surface area contributed by atoms with Crippen molar-refractivity contribution in [1.29, 1.82) is 0 Å². The molecular formula is C43H58FN3O12S. The van der Waals surface area contributed by atoms with Gasteiger partial charge < -0.3 is 43.7 Å². The lowest BCUT2D eigenvalue weighted by molar-refractivity contribution is -0.293. The molecule has 3 aliphatic heterocycles. The standard InChI is InChI=1S/C43H58FN3O12S/c1-11-32-43(8)36(46-40(52)58-43)24(4)33(48)22(2)20-42(7,59-41(53)54-21-27(44)19-28-15-16-31(60-28)29-14-12-13-17-45-29)37(25(5)34(49)26(6)38(51)56-32)57-39-35(50)30(47(9)10)18-23(3)55-39/h12-17,19,22-26,30,32,35-37,39,50H,11,18,20-21H2,1-10H3,(H,46,52)/b27-19-/t22-,23-,24+,25+,26-,30+,32-,35-,36-,37-,39+,42-,43-/m1/s1. The number of hydrogen-bond acceptors (Lipinski definition) is 15. The molecule has 2 N–H and O–H groups in total. The minimum absolute atomic E-state index is 0.192. The van der Waals surface area contributed by atoms with E-state index in [2.05, 4.69) is 10.3 Å². The van der Waals surface area contributed by atoms with Crippen LogP contribution in [0.5, 0.6) is 0 Å². The van der Waals surface area contributed by atoms with E-state index in [0.29, 0.717) is 11.3 Å². The maximum absolute atomic E-state index is 15.3. The van der Waals surface area contributed by atoms with Gasteiger partial charge in [0.05, 0.1) is 22.7 Å². The highest BCUT2D eigenvalue weighted by Gasteiger charge is 2.57. The summed E-state index contributed by atoms with van der Waals surface area (Å²) >= 11 is 1.29.